The van der Waals surface area contributed by atoms with E-state index >= 15 is 0 Å². The summed E-state index contributed by atoms with van der Waals surface area (Å²) in [6.07, 6.45) is 6.16. The second-order valence-electron chi connectivity index (χ2n) is 5.76. The summed E-state index contributed by atoms with van der Waals surface area (Å²) in [6.45, 7) is 2.64. The van der Waals surface area contributed by atoms with Crippen LogP contribution in [0.25, 0.3) is 0 Å². The monoisotopic (exact) mass is 286 g/mol. The second kappa shape index (κ2) is 5.74. The quantitative estimate of drug-likeness (QED) is 0.598. The smallest absolute Gasteiger partial charge is 0.321 e. The normalized spacial score (nSPS) is 24.0. The van der Waals surface area contributed by atoms with Crippen molar-refractivity contribution in [3.8, 4) is 12.3 Å². The molecule has 0 saturated carbocycles. The maximum atomic E-state index is 11.9. The van der Waals surface area contributed by atoms with Crippen LogP contribution in [0.1, 0.15) is 18.0 Å². The highest BCUT2D eigenvalue weighted by Crippen LogP contribution is 2.34. The predicted molar refractivity (Wildman–Crippen MR) is 77.8 cm³/mol. The van der Waals surface area contributed by atoms with Crippen molar-refractivity contribution < 1.29 is 9.53 Å². The number of hydrogen-bond donors (Lipinski definition) is 0. The number of esters is 1. The van der Waals surface area contributed by atoms with Crippen LogP contribution in [0.3, 0.4) is 0 Å². The van der Waals surface area contributed by atoms with Gasteiger partial charge in [-0.1, -0.05) is 12.0 Å². The molecule has 3 heterocycles. The molecule has 1 saturated heterocycles. The van der Waals surface area contributed by atoms with Crippen LogP contribution in [0.15, 0.2) is 23.0 Å². The first kappa shape index (κ1) is 13.9. The Morgan fingerprint density at radius 1 is 1.38 bits per heavy atom. The second-order valence-corrected chi connectivity index (χ2v) is 5.76. The third-order valence-electron chi connectivity index (χ3n) is 4.22. The van der Waals surface area contributed by atoms with E-state index in [4.69, 9.17) is 11.2 Å². The van der Waals surface area contributed by atoms with Gasteiger partial charge in [0.1, 0.15) is 0 Å². The zero-order valence-electron chi connectivity index (χ0n) is 11.8. The van der Waals surface area contributed by atoms with Gasteiger partial charge in [0.25, 0.3) is 5.56 Å². The highest BCUT2D eigenvalue weighted by Gasteiger charge is 2.35. The standard InChI is InChI=1S/C16H18N2O3/c1-2-6-21-16(20)11-17-8-12-7-13(10-17)14-4-3-5-15(19)18(14)9-12/h1,3-5,12-13H,6-11H2/t12-,13-/m0/s1. The van der Waals surface area contributed by atoms with Gasteiger partial charge in [-0.05, 0) is 18.4 Å². The average molecular weight is 286 g/mol. The van der Waals surface area contributed by atoms with E-state index in [1.54, 1.807) is 6.07 Å². The van der Waals surface area contributed by atoms with Crippen LogP contribution in [0.4, 0.5) is 0 Å². The van der Waals surface area contributed by atoms with Gasteiger partial charge in [-0.2, -0.15) is 0 Å². The lowest BCUT2D eigenvalue weighted by molar-refractivity contribution is -0.144. The molecular formula is C16H18N2O3. The van der Waals surface area contributed by atoms with Gasteiger partial charge in [0, 0.05) is 37.3 Å². The van der Waals surface area contributed by atoms with Crippen LogP contribution in [-0.4, -0.2) is 41.7 Å². The molecule has 2 aliphatic rings. The van der Waals surface area contributed by atoms with Crippen molar-refractivity contribution in [2.75, 3.05) is 26.2 Å². The summed E-state index contributed by atoms with van der Waals surface area (Å²) in [5.41, 5.74) is 1.16. The molecule has 0 aromatic carbocycles. The number of ether oxygens (including phenoxy) is 1. The first-order chi connectivity index (χ1) is 10.2. The fraction of sp³-hybridized carbons (Fsp3) is 0.500. The SMILES string of the molecule is C#CCOC(=O)CN1C[C@@H]2C[C@@H](C1)c1cccc(=O)n1C2. The van der Waals surface area contributed by atoms with Gasteiger partial charge in [0.15, 0.2) is 6.61 Å². The van der Waals surface area contributed by atoms with Crippen molar-refractivity contribution in [3.63, 3.8) is 0 Å². The number of likely N-dealkylation sites (tertiary alicyclic amines) is 1. The van der Waals surface area contributed by atoms with Crippen molar-refractivity contribution in [3.05, 3.63) is 34.2 Å². The van der Waals surface area contributed by atoms with Crippen molar-refractivity contribution in [2.24, 2.45) is 5.92 Å². The number of aromatic nitrogens is 1. The van der Waals surface area contributed by atoms with Crippen molar-refractivity contribution in [2.45, 2.75) is 18.9 Å². The van der Waals surface area contributed by atoms with Crippen LogP contribution in [0.5, 0.6) is 0 Å². The zero-order valence-corrected chi connectivity index (χ0v) is 11.8. The van der Waals surface area contributed by atoms with E-state index < -0.39 is 0 Å². The summed E-state index contributed by atoms with van der Waals surface area (Å²) >= 11 is 0. The summed E-state index contributed by atoms with van der Waals surface area (Å²) in [5, 5.41) is 0. The maximum absolute atomic E-state index is 11.9. The van der Waals surface area contributed by atoms with Crippen LogP contribution in [0.2, 0.25) is 0 Å². The molecule has 0 amide bonds. The Kier molecular flexibility index (Phi) is 3.80. The summed E-state index contributed by atoms with van der Waals surface area (Å²) in [6, 6.07) is 5.44. The van der Waals surface area contributed by atoms with Crippen molar-refractivity contribution in [1.29, 1.82) is 0 Å². The number of nitrogens with zero attached hydrogens (tertiary/aromatic N) is 2. The molecule has 2 aliphatic heterocycles. The lowest BCUT2D eigenvalue weighted by atomic mass is 9.83. The molecule has 0 unspecified atom stereocenters. The van der Waals surface area contributed by atoms with E-state index in [9.17, 15) is 9.59 Å². The Morgan fingerprint density at radius 2 is 2.24 bits per heavy atom. The molecule has 21 heavy (non-hydrogen) atoms. The molecule has 0 N–H and O–H groups in total. The molecule has 3 rings (SSSR count). The van der Waals surface area contributed by atoms with Crippen molar-refractivity contribution in [1.82, 2.24) is 9.47 Å². The summed E-state index contributed by atoms with van der Waals surface area (Å²) in [7, 11) is 0. The lowest BCUT2D eigenvalue weighted by Crippen LogP contribution is -2.48. The molecule has 0 radical (unpaired) electrons. The topological polar surface area (TPSA) is 51.5 Å². The summed E-state index contributed by atoms with van der Waals surface area (Å²) < 4.78 is 6.81. The molecule has 1 aromatic heterocycles. The fourth-order valence-corrected chi connectivity index (χ4v) is 3.48. The first-order valence-electron chi connectivity index (χ1n) is 7.18. The third-order valence-corrected chi connectivity index (χ3v) is 4.22. The van der Waals surface area contributed by atoms with Gasteiger partial charge in [0.05, 0.1) is 6.54 Å². The third kappa shape index (κ3) is 2.86. The number of hydrogen-bond acceptors (Lipinski definition) is 4. The molecule has 0 aliphatic carbocycles. The van der Waals surface area contributed by atoms with Gasteiger partial charge in [-0.3, -0.25) is 14.5 Å². The van der Waals surface area contributed by atoms with E-state index in [0.29, 0.717) is 11.8 Å². The molecule has 1 aromatic rings. The van der Waals surface area contributed by atoms with Gasteiger partial charge in [-0.15, -0.1) is 6.42 Å². The van der Waals surface area contributed by atoms with Gasteiger partial charge < -0.3 is 9.30 Å². The van der Waals surface area contributed by atoms with E-state index in [1.165, 1.54) is 0 Å². The van der Waals surface area contributed by atoms with E-state index in [0.717, 1.165) is 31.7 Å². The van der Waals surface area contributed by atoms with E-state index in [2.05, 4.69) is 10.8 Å². The van der Waals surface area contributed by atoms with Crippen LogP contribution in [-0.2, 0) is 16.1 Å². The van der Waals surface area contributed by atoms with Crippen LogP contribution >= 0.6 is 0 Å². The average Bonchev–Trinajstić information content (AvgIpc) is 2.46. The molecular weight excluding hydrogens is 268 g/mol. The van der Waals surface area contributed by atoms with Crippen LogP contribution in [0, 0.1) is 18.3 Å². The minimum absolute atomic E-state index is 0.0256. The molecule has 2 bridgehead atoms. The molecule has 5 heteroatoms. The Labute approximate surface area is 123 Å². The minimum atomic E-state index is -0.279. The number of carbonyl (C=O) groups is 1. The van der Waals surface area contributed by atoms with Gasteiger partial charge >= 0.3 is 5.97 Å². The Hall–Kier alpha value is -2.06. The highest BCUT2D eigenvalue weighted by atomic mass is 16.5. The number of terminal acetylenes is 1. The fourth-order valence-electron chi connectivity index (χ4n) is 3.48. The molecule has 0 spiro atoms. The van der Waals surface area contributed by atoms with Gasteiger partial charge in [0.2, 0.25) is 0 Å². The minimum Gasteiger partial charge on any atom is -0.452 e. The summed E-state index contributed by atoms with van der Waals surface area (Å²) in [5.74, 6) is 2.74. The summed E-state index contributed by atoms with van der Waals surface area (Å²) in [4.78, 5) is 25.7. The maximum Gasteiger partial charge on any atom is 0.321 e. The molecule has 110 valence electrons. The molecule has 1 fully saturated rings. The lowest BCUT2D eigenvalue weighted by Gasteiger charge is -2.42. The number of fused-ring (bicyclic) bond motifs is 4. The number of carbonyl (C=O) groups excluding carboxylic acids is 1. The highest BCUT2D eigenvalue weighted by molar-refractivity contribution is 5.71. The Balaban J connectivity index is 1.72. The number of piperidine rings is 1. The first-order valence-corrected chi connectivity index (χ1v) is 7.18. The largest absolute Gasteiger partial charge is 0.452 e. The van der Waals surface area contributed by atoms with E-state index in [1.807, 2.05) is 16.7 Å². The van der Waals surface area contributed by atoms with Crippen molar-refractivity contribution >= 4 is 5.97 Å². The Morgan fingerprint density at radius 3 is 3.05 bits per heavy atom. The Bertz CT molecular complexity index is 644. The van der Waals surface area contributed by atoms with Crippen LogP contribution < -0.4 is 5.56 Å². The zero-order chi connectivity index (χ0) is 14.8. The van der Waals surface area contributed by atoms with Gasteiger partial charge in [-0.25, -0.2) is 0 Å². The predicted octanol–water partition coefficient (Wildman–Crippen LogP) is 0.444. The van der Waals surface area contributed by atoms with E-state index in [-0.39, 0.29) is 24.7 Å². The number of pyridine rings is 1. The number of rotatable bonds is 3. The molecule has 2 atom stereocenters. The molecule has 5 nitrogen and oxygen atoms in total.